The topological polar surface area (TPSA) is 77.0 Å². The Balaban J connectivity index is 2.85. The Bertz CT molecular complexity index is 741. The fraction of sp³-hybridized carbons (Fsp3) is 0.533. The number of rotatable bonds is 4. The van der Waals surface area contributed by atoms with Crippen molar-refractivity contribution in [2.45, 2.75) is 47.1 Å². The highest BCUT2D eigenvalue weighted by Crippen LogP contribution is 2.25. The molecule has 6 heteroatoms. The van der Waals surface area contributed by atoms with E-state index in [0.717, 1.165) is 11.1 Å². The van der Waals surface area contributed by atoms with Crippen LogP contribution in [0.15, 0.2) is 4.79 Å². The largest absolute Gasteiger partial charge is 0.462 e. The highest BCUT2D eigenvalue weighted by atomic mass is 16.5. The van der Waals surface area contributed by atoms with E-state index in [4.69, 9.17) is 4.74 Å². The van der Waals surface area contributed by atoms with Crippen LogP contribution in [-0.4, -0.2) is 27.3 Å². The summed E-state index contributed by atoms with van der Waals surface area (Å²) in [6.07, 6.45) is 0.569. The van der Waals surface area contributed by atoms with Gasteiger partial charge < -0.3 is 9.72 Å². The molecule has 0 atom stereocenters. The maximum Gasteiger partial charge on any atom is 0.344 e. The minimum atomic E-state index is -0.575. The van der Waals surface area contributed by atoms with Crippen molar-refractivity contribution in [1.82, 2.24) is 14.8 Å². The predicted molar refractivity (Wildman–Crippen MR) is 80.8 cm³/mol. The van der Waals surface area contributed by atoms with E-state index in [9.17, 15) is 9.59 Å². The summed E-state index contributed by atoms with van der Waals surface area (Å²) >= 11 is 0. The van der Waals surface area contributed by atoms with Crippen LogP contribution in [0.4, 0.5) is 0 Å². The quantitative estimate of drug-likeness (QED) is 0.877. The Morgan fingerprint density at radius 3 is 2.57 bits per heavy atom. The normalized spacial score (nSPS) is 11.3. The van der Waals surface area contributed by atoms with Crippen LogP contribution in [0.25, 0.3) is 11.0 Å². The summed E-state index contributed by atoms with van der Waals surface area (Å²) in [5.41, 5.74) is 1.85. The van der Waals surface area contributed by atoms with Crippen LogP contribution >= 0.6 is 0 Å². The van der Waals surface area contributed by atoms with Gasteiger partial charge in [0.05, 0.1) is 12.3 Å². The molecule has 0 amide bonds. The monoisotopic (exact) mass is 291 g/mol. The molecule has 2 heterocycles. The lowest BCUT2D eigenvalue weighted by Crippen LogP contribution is -2.23. The Kier molecular flexibility index (Phi) is 4.16. The Morgan fingerprint density at radius 1 is 1.38 bits per heavy atom. The molecule has 0 bridgehead atoms. The molecule has 2 aromatic rings. The molecular formula is C15H21N3O3. The average molecular weight is 291 g/mol. The number of H-pyrrole nitrogens is 1. The SMILES string of the molecule is CCOC(=O)c1c(CC)c2c(C)nn(C(C)C)c2[nH]c1=O. The van der Waals surface area contributed by atoms with E-state index in [2.05, 4.69) is 10.1 Å². The third kappa shape index (κ3) is 2.46. The number of aromatic amines is 1. The van der Waals surface area contributed by atoms with E-state index in [-0.39, 0.29) is 18.2 Å². The number of carbonyl (C=O) groups excluding carboxylic acids is 1. The van der Waals surface area contributed by atoms with Crippen molar-refractivity contribution in [2.24, 2.45) is 0 Å². The number of hydrogen-bond acceptors (Lipinski definition) is 4. The van der Waals surface area contributed by atoms with Gasteiger partial charge in [0.1, 0.15) is 11.2 Å². The van der Waals surface area contributed by atoms with E-state index in [0.29, 0.717) is 17.6 Å². The number of esters is 1. The zero-order chi connectivity index (χ0) is 15.7. The van der Waals surface area contributed by atoms with Gasteiger partial charge in [0.2, 0.25) is 0 Å². The van der Waals surface area contributed by atoms with Gasteiger partial charge in [0.25, 0.3) is 5.56 Å². The third-order valence-corrected chi connectivity index (χ3v) is 3.47. The lowest BCUT2D eigenvalue weighted by Gasteiger charge is -2.10. The second-order valence-corrected chi connectivity index (χ2v) is 5.23. The van der Waals surface area contributed by atoms with Crippen LogP contribution in [0.3, 0.4) is 0 Å². The number of ether oxygens (including phenoxy) is 1. The van der Waals surface area contributed by atoms with Gasteiger partial charge in [-0.3, -0.25) is 4.79 Å². The van der Waals surface area contributed by atoms with Gasteiger partial charge in [-0.05, 0) is 39.7 Å². The summed E-state index contributed by atoms with van der Waals surface area (Å²) in [7, 11) is 0. The first-order chi connectivity index (χ1) is 9.92. The van der Waals surface area contributed by atoms with Gasteiger partial charge in [0, 0.05) is 11.4 Å². The summed E-state index contributed by atoms with van der Waals surface area (Å²) in [5, 5.41) is 5.32. The summed E-state index contributed by atoms with van der Waals surface area (Å²) < 4.78 is 6.79. The summed E-state index contributed by atoms with van der Waals surface area (Å²) in [4.78, 5) is 27.2. The van der Waals surface area contributed by atoms with Crippen LogP contribution in [0.1, 0.15) is 55.4 Å². The molecule has 0 aromatic carbocycles. The molecule has 2 aromatic heterocycles. The first-order valence-electron chi connectivity index (χ1n) is 7.23. The van der Waals surface area contributed by atoms with Gasteiger partial charge in [-0.25, -0.2) is 9.48 Å². The molecule has 6 nitrogen and oxygen atoms in total. The Morgan fingerprint density at radius 2 is 2.05 bits per heavy atom. The molecule has 0 fully saturated rings. The zero-order valence-electron chi connectivity index (χ0n) is 13.1. The molecule has 21 heavy (non-hydrogen) atoms. The highest BCUT2D eigenvalue weighted by molar-refractivity contribution is 5.97. The van der Waals surface area contributed by atoms with Crippen LogP contribution in [0, 0.1) is 6.92 Å². The molecule has 0 spiro atoms. The summed E-state index contributed by atoms with van der Waals surface area (Å²) in [5.74, 6) is -0.575. The molecule has 0 unspecified atom stereocenters. The van der Waals surface area contributed by atoms with Crippen molar-refractivity contribution in [3.8, 4) is 0 Å². The molecule has 2 rings (SSSR count). The molecule has 0 aliphatic heterocycles. The number of nitrogens with one attached hydrogen (secondary N) is 1. The number of pyridine rings is 1. The first-order valence-corrected chi connectivity index (χ1v) is 7.23. The molecule has 0 aliphatic rings. The van der Waals surface area contributed by atoms with Crippen LogP contribution < -0.4 is 5.56 Å². The van der Waals surface area contributed by atoms with Crippen molar-refractivity contribution in [2.75, 3.05) is 6.61 Å². The zero-order valence-corrected chi connectivity index (χ0v) is 13.1. The number of carbonyl (C=O) groups is 1. The molecule has 0 saturated carbocycles. The lowest BCUT2D eigenvalue weighted by molar-refractivity contribution is 0.0523. The number of fused-ring (bicyclic) bond motifs is 1. The number of aromatic nitrogens is 3. The van der Waals surface area contributed by atoms with Gasteiger partial charge in [-0.1, -0.05) is 6.92 Å². The van der Waals surface area contributed by atoms with E-state index in [1.54, 1.807) is 11.6 Å². The van der Waals surface area contributed by atoms with E-state index >= 15 is 0 Å². The van der Waals surface area contributed by atoms with E-state index in [1.165, 1.54) is 0 Å². The van der Waals surface area contributed by atoms with Crippen molar-refractivity contribution in [1.29, 1.82) is 0 Å². The van der Waals surface area contributed by atoms with Gasteiger partial charge in [-0.15, -0.1) is 0 Å². The molecular weight excluding hydrogens is 270 g/mol. The van der Waals surface area contributed by atoms with Crippen molar-refractivity contribution in [3.05, 3.63) is 27.2 Å². The second-order valence-electron chi connectivity index (χ2n) is 5.23. The van der Waals surface area contributed by atoms with E-state index in [1.807, 2.05) is 27.7 Å². The smallest absolute Gasteiger partial charge is 0.344 e. The molecule has 114 valence electrons. The predicted octanol–water partition coefficient (Wildman–Crippen LogP) is 2.35. The van der Waals surface area contributed by atoms with Gasteiger partial charge >= 0.3 is 5.97 Å². The van der Waals surface area contributed by atoms with Crippen LogP contribution in [0.5, 0.6) is 0 Å². The molecule has 0 saturated heterocycles. The van der Waals surface area contributed by atoms with E-state index < -0.39 is 11.5 Å². The van der Waals surface area contributed by atoms with Crippen molar-refractivity contribution >= 4 is 17.0 Å². The third-order valence-electron chi connectivity index (χ3n) is 3.47. The molecule has 0 aliphatic carbocycles. The summed E-state index contributed by atoms with van der Waals surface area (Å²) in [6.45, 7) is 9.75. The lowest BCUT2D eigenvalue weighted by atomic mass is 10.0. The molecule has 0 radical (unpaired) electrons. The second kappa shape index (κ2) is 5.71. The standard InChI is InChI=1S/C15H21N3O3/c1-6-10-11-9(5)17-18(8(3)4)13(11)16-14(19)12(10)15(20)21-7-2/h8H,6-7H2,1-5H3,(H,16,19). The fourth-order valence-electron chi connectivity index (χ4n) is 2.61. The first kappa shape index (κ1) is 15.3. The number of hydrogen-bond donors (Lipinski definition) is 1. The van der Waals surface area contributed by atoms with Crippen molar-refractivity contribution in [3.63, 3.8) is 0 Å². The number of aryl methyl sites for hydroxylation is 2. The summed E-state index contributed by atoms with van der Waals surface area (Å²) in [6, 6.07) is 0.120. The van der Waals surface area contributed by atoms with Crippen LogP contribution in [-0.2, 0) is 11.2 Å². The van der Waals surface area contributed by atoms with Crippen molar-refractivity contribution < 1.29 is 9.53 Å². The van der Waals surface area contributed by atoms with Gasteiger partial charge in [-0.2, -0.15) is 5.10 Å². The highest BCUT2D eigenvalue weighted by Gasteiger charge is 2.23. The Labute approximate surface area is 123 Å². The maximum atomic E-state index is 12.3. The molecule has 1 N–H and O–H groups in total. The minimum absolute atomic E-state index is 0.0956. The minimum Gasteiger partial charge on any atom is -0.462 e. The van der Waals surface area contributed by atoms with Crippen LogP contribution in [0.2, 0.25) is 0 Å². The maximum absolute atomic E-state index is 12.3. The number of nitrogens with zero attached hydrogens (tertiary/aromatic N) is 2. The average Bonchev–Trinajstić information content (AvgIpc) is 2.74. The Hall–Kier alpha value is -2.11. The van der Waals surface area contributed by atoms with Gasteiger partial charge in [0.15, 0.2) is 0 Å². The fourth-order valence-corrected chi connectivity index (χ4v) is 2.61.